The summed E-state index contributed by atoms with van der Waals surface area (Å²) in [6, 6.07) is 8.27. The summed E-state index contributed by atoms with van der Waals surface area (Å²) < 4.78 is 2.07. The second kappa shape index (κ2) is 7.30. The number of para-hydroxylation sites is 1. The zero-order valence-corrected chi connectivity index (χ0v) is 14.5. The van der Waals surface area contributed by atoms with Crippen LogP contribution in [0.5, 0.6) is 0 Å². The Hall–Kier alpha value is -1.95. The van der Waals surface area contributed by atoms with Gasteiger partial charge in [0.1, 0.15) is 0 Å². The molecule has 2 N–H and O–H groups in total. The van der Waals surface area contributed by atoms with Crippen molar-refractivity contribution in [3.05, 3.63) is 30.5 Å². The number of thioether (sulfide) groups is 1. The lowest BCUT2D eigenvalue weighted by atomic mass is 9.86. The smallest absolute Gasteiger partial charge is 0.306 e. The molecule has 5 nitrogen and oxygen atoms in total. The van der Waals surface area contributed by atoms with Crippen molar-refractivity contribution in [2.75, 3.05) is 5.75 Å². The maximum absolute atomic E-state index is 12.2. The summed E-state index contributed by atoms with van der Waals surface area (Å²) in [5, 5.41) is 13.2. The van der Waals surface area contributed by atoms with Crippen molar-refractivity contribution in [3.8, 4) is 0 Å². The largest absolute Gasteiger partial charge is 0.481 e. The Morgan fingerprint density at radius 2 is 1.96 bits per heavy atom. The molecule has 0 atom stereocenters. The molecule has 2 aromatic rings. The van der Waals surface area contributed by atoms with Crippen molar-refractivity contribution in [2.45, 2.75) is 36.6 Å². The molecule has 1 aliphatic carbocycles. The molecule has 3 rings (SSSR count). The fourth-order valence-corrected chi connectivity index (χ4v) is 4.25. The van der Waals surface area contributed by atoms with Crippen LogP contribution in [0.3, 0.4) is 0 Å². The van der Waals surface area contributed by atoms with E-state index in [0.29, 0.717) is 18.6 Å². The average Bonchev–Trinajstić information content (AvgIpc) is 2.90. The average molecular weight is 346 g/mol. The molecule has 1 heterocycles. The lowest BCUT2D eigenvalue weighted by Gasteiger charge is -2.26. The third-order valence-electron chi connectivity index (χ3n) is 4.66. The maximum atomic E-state index is 12.2. The third kappa shape index (κ3) is 3.75. The number of aromatic nitrogens is 1. The number of nitrogens with zero attached hydrogens (tertiary/aromatic N) is 1. The zero-order valence-electron chi connectivity index (χ0n) is 13.7. The van der Waals surface area contributed by atoms with E-state index in [2.05, 4.69) is 28.2 Å². The van der Waals surface area contributed by atoms with Gasteiger partial charge in [0.15, 0.2) is 0 Å². The summed E-state index contributed by atoms with van der Waals surface area (Å²) in [5.74, 6) is -0.562. The molecule has 1 aliphatic rings. The molecule has 0 radical (unpaired) electrons. The van der Waals surface area contributed by atoms with Gasteiger partial charge in [-0.15, -0.1) is 11.8 Å². The van der Waals surface area contributed by atoms with E-state index >= 15 is 0 Å². The van der Waals surface area contributed by atoms with Gasteiger partial charge in [-0.2, -0.15) is 0 Å². The maximum Gasteiger partial charge on any atom is 0.306 e. The number of carboxylic acid groups (broad SMARTS) is 1. The zero-order chi connectivity index (χ0) is 17.1. The van der Waals surface area contributed by atoms with Crippen molar-refractivity contribution >= 4 is 34.5 Å². The van der Waals surface area contributed by atoms with Crippen molar-refractivity contribution in [1.29, 1.82) is 0 Å². The van der Waals surface area contributed by atoms with Gasteiger partial charge in [0, 0.05) is 35.1 Å². The van der Waals surface area contributed by atoms with Crippen LogP contribution in [0.2, 0.25) is 0 Å². The summed E-state index contributed by atoms with van der Waals surface area (Å²) in [7, 11) is 2.01. The van der Waals surface area contributed by atoms with Gasteiger partial charge in [-0.1, -0.05) is 18.2 Å². The molecule has 24 heavy (non-hydrogen) atoms. The number of fused-ring (bicyclic) bond motifs is 1. The van der Waals surface area contributed by atoms with Crippen LogP contribution in [0.4, 0.5) is 0 Å². The number of rotatable bonds is 5. The van der Waals surface area contributed by atoms with Gasteiger partial charge < -0.3 is 15.0 Å². The van der Waals surface area contributed by atoms with Crippen molar-refractivity contribution in [2.24, 2.45) is 13.0 Å². The van der Waals surface area contributed by atoms with Crippen molar-refractivity contribution in [1.82, 2.24) is 9.88 Å². The fourth-order valence-electron chi connectivity index (χ4n) is 3.32. The van der Waals surface area contributed by atoms with Crippen LogP contribution in [0.15, 0.2) is 35.4 Å². The van der Waals surface area contributed by atoms with Crippen LogP contribution >= 0.6 is 11.8 Å². The number of carbonyl (C=O) groups is 2. The predicted molar refractivity (Wildman–Crippen MR) is 95.2 cm³/mol. The Balaban J connectivity index is 1.52. The number of amides is 1. The summed E-state index contributed by atoms with van der Waals surface area (Å²) in [4.78, 5) is 24.3. The molecule has 0 aliphatic heterocycles. The highest BCUT2D eigenvalue weighted by atomic mass is 32.2. The number of nitrogens with one attached hydrogen (secondary N) is 1. The normalized spacial score (nSPS) is 20.9. The quantitative estimate of drug-likeness (QED) is 0.817. The van der Waals surface area contributed by atoms with Gasteiger partial charge in [-0.3, -0.25) is 9.59 Å². The van der Waals surface area contributed by atoms with Crippen LogP contribution < -0.4 is 5.32 Å². The van der Waals surface area contributed by atoms with Crippen LogP contribution in [0.1, 0.15) is 25.7 Å². The summed E-state index contributed by atoms with van der Waals surface area (Å²) in [6.45, 7) is 0. The number of hydrogen-bond donors (Lipinski definition) is 2. The van der Waals surface area contributed by atoms with E-state index in [0.717, 1.165) is 23.3 Å². The van der Waals surface area contributed by atoms with Gasteiger partial charge in [0.25, 0.3) is 0 Å². The highest BCUT2D eigenvalue weighted by Gasteiger charge is 2.26. The Labute approximate surface area is 145 Å². The highest BCUT2D eigenvalue weighted by molar-refractivity contribution is 8.00. The standard InChI is InChI=1S/C18H22N2O3S/c1-20-10-16(14-4-2-3-5-15(14)20)24-11-17(21)19-13-8-6-12(7-9-13)18(22)23/h2-5,10,12-13H,6-9,11H2,1H3,(H,19,21)(H,22,23). The van der Waals surface area contributed by atoms with Crippen LogP contribution in [0.25, 0.3) is 10.9 Å². The molecular formula is C18H22N2O3S. The van der Waals surface area contributed by atoms with Gasteiger partial charge in [0.2, 0.25) is 5.91 Å². The van der Waals surface area contributed by atoms with E-state index in [9.17, 15) is 9.59 Å². The molecule has 0 spiro atoms. The lowest BCUT2D eigenvalue weighted by molar-refractivity contribution is -0.142. The summed E-state index contributed by atoms with van der Waals surface area (Å²) >= 11 is 1.55. The minimum Gasteiger partial charge on any atom is -0.481 e. The second-order valence-electron chi connectivity index (χ2n) is 6.36. The first kappa shape index (κ1) is 16.9. The monoisotopic (exact) mass is 346 g/mol. The van der Waals surface area contributed by atoms with E-state index < -0.39 is 5.97 Å². The molecule has 0 saturated heterocycles. The second-order valence-corrected chi connectivity index (χ2v) is 7.38. The van der Waals surface area contributed by atoms with E-state index in [4.69, 9.17) is 5.11 Å². The highest BCUT2D eigenvalue weighted by Crippen LogP contribution is 2.29. The number of carbonyl (C=O) groups excluding carboxylic acids is 1. The van der Waals surface area contributed by atoms with Gasteiger partial charge >= 0.3 is 5.97 Å². The SMILES string of the molecule is Cn1cc(SCC(=O)NC2CCC(C(=O)O)CC2)c2ccccc21. The summed E-state index contributed by atoms with van der Waals surface area (Å²) in [5.41, 5.74) is 1.16. The van der Waals surface area contributed by atoms with Crippen molar-refractivity contribution < 1.29 is 14.7 Å². The van der Waals surface area contributed by atoms with E-state index in [-0.39, 0.29) is 17.9 Å². The Kier molecular flexibility index (Phi) is 5.14. The van der Waals surface area contributed by atoms with Gasteiger partial charge in [-0.25, -0.2) is 0 Å². The molecular weight excluding hydrogens is 324 g/mol. The lowest BCUT2D eigenvalue weighted by Crippen LogP contribution is -2.39. The minimum absolute atomic E-state index is 0.0201. The topological polar surface area (TPSA) is 71.3 Å². The number of hydrogen-bond acceptors (Lipinski definition) is 3. The molecule has 1 amide bonds. The Bertz CT molecular complexity index is 748. The van der Waals surface area contributed by atoms with Gasteiger partial charge in [-0.05, 0) is 31.7 Å². The van der Waals surface area contributed by atoms with Crippen LogP contribution in [0, 0.1) is 5.92 Å². The third-order valence-corrected chi connectivity index (χ3v) is 5.70. The van der Waals surface area contributed by atoms with Crippen LogP contribution in [-0.4, -0.2) is 33.3 Å². The summed E-state index contributed by atoms with van der Waals surface area (Å²) in [6.07, 6.45) is 4.86. The first-order valence-electron chi connectivity index (χ1n) is 8.23. The van der Waals surface area contributed by atoms with Crippen molar-refractivity contribution in [3.63, 3.8) is 0 Å². The molecule has 1 aromatic heterocycles. The Morgan fingerprint density at radius 1 is 1.25 bits per heavy atom. The fraction of sp³-hybridized carbons (Fsp3) is 0.444. The van der Waals surface area contributed by atoms with E-state index in [1.54, 1.807) is 11.8 Å². The number of benzene rings is 1. The van der Waals surface area contributed by atoms with E-state index in [1.165, 1.54) is 5.39 Å². The number of carboxylic acids is 1. The van der Waals surface area contributed by atoms with Crippen LogP contribution in [-0.2, 0) is 16.6 Å². The molecule has 128 valence electrons. The minimum atomic E-state index is -0.716. The Morgan fingerprint density at radius 3 is 2.67 bits per heavy atom. The predicted octanol–water partition coefficient (Wildman–Crippen LogP) is 3.03. The molecule has 1 aromatic carbocycles. The molecule has 1 saturated carbocycles. The van der Waals surface area contributed by atoms with Gasteiger partial charge in [0.05, 0.1) is 11.7 Å². The van der Waals surface area contributed by atoms with E-state index in [1.807, 2.05) is 19.2 Å². The molecule has 0 bridgehead atoms. The molecule has 0 unspecified atom stereocenters. The first-order valence-corrected chi connectivity index (χ1v) is 9.22. The molecule has 1 fully saturated rings. The first-order chi connectivity index (χ1) is 11.5. The molecule has 6 heteroatoms. The number of aliphatic carboxylic acids is 1. The number of aryl methyl sites for hydroxylation is 1.